The van der Waals surface area contributed by atoms with Gasteiger partial charge in [0, 0.05) is 13.2 Å². The number of hydrogen-bond acceptors (Lipinski definition) is 2. The third-order valence-electron chi connectivity index (χ3n) is 2.80. The Morgan fingerprint density at radius 2 is 1.11 bits per heavy atom. The van der Waals surface area contributed by atoms with E-state index in [2.05, 4.69) is 24.3 Å². The zero-order valence-electron chi connectivity index (χ0n) is 11.1. The van der Waals surface area contributed by atoms with Gasteiger partial charge >= 0.3 is 0 Å². The van der Waals surface area contributed by atoms with Crippen LogP contribution in [0, 0.1) is 0 Å². The predicted molar refractivity (Wildman–Crippen MR) is 76.8 cm³/mol. The van der Waals surface area contributed by atoms with Gasteiger partial charge in [-0.15, -0.1) is 0 Å². The van der Waals surface area contributed by atoms with E-state index in [1.807, 2.05) is 36.4 Å². The summed E-state index contributed by atoms with van der Waals surface area (Å²) in [5.41, 5.74) is 2.43. The lowest BCUT2D eigenvalue weighted by atomic mass is 10.2. The molecule has 2 heteroatoms. The van der Waals surface area contributed by atoms with Crippen molar-refractivity contribution in [2.24, 2.45) is 0 Å². The van der Waals surface area contributed by atoms with Crippen LogP contribution in [0.25, 0.3) is 0 Å². The quantitative estimate of drug-likeness (QED) is 0.828. The first-order chi connectivity index (χ1) is 9.45. The van der Waals surface area contributed by atoms with E-state index in [1.54, 1.807) is 0 Å². The summed E-state index contributed by atoms with van der Waals surface area (Å²) in [7, 11) is 0. The Kier molecular flexibility index (Phi) is 6.14. The molecule has 0 aliphatic carbocycles. The van der Waals surface area contributed by atoms with E-state index in [4.69, 9.17) is 9.47 Å². The van der Waals surface area contributed by atoms with Crippen molar-refractivity contribution in [2.45, 2.75) is 19.6 Å². The molecule has 3 rings (SSSR count). The molecule has 1 saturated heterocycles. The zero-order chi connectivity index (χ0) is 13.2. The van der Waals surface area contributed by atoms with Gasteiger partial charge in [-0.3, -0.25) is 0 Å². The second-order valence-electron chi connectivity index (χ2n) is 4.43. The zero-order valence-corrected chi connectivity index (χ0v) is 11.1. The molecule has 2 aromatic carbocycles. The average Bonchev–Trinajstić information content (AvgIpc) is 2.39. The third-order valence-corrected chi connectivity index (χ3v) is 2.80. The van der Waals surface area contributed by atoms with Crippen LogP contribution in [0.2, 0.25) is 0 Å². The highest BCUT2D eigenvalue weighted by atomic mass is 16.5. The van der Waals surface area contributed by atoms with Crippen molar-refractivity contribution >= 4 is 0 Å². The van der Waals surface area contributed by atoms with Gasteiger partial charge in [0.05, 0.1) is 13.2 Å². The lowest BCUT2D eigenvalue weighted by Gasteiger charge is -2.09. The fourth-order valence-corrected chi connectivity index (χ4v) is 1.58. The Balaban J connectivity index is 0.000000284. The van der Waals surface area contributed by atoms with Crippen molar-refractivity contribution < 1.29 is 9.47 Å². The minimum Gasteiger partial charge on any atom is -0.381 e. The third kappa shape index (κ3) is 5.69. The maximum absolute atomic E-state index is 5.61. The molecule has 0 unspecified atom stereocenters. The fourth-order valence-electron chi connectivity index (χ4n) is 1.58. The molecule has 19 heavy (non-hydrogen) atoms. The Hall–Kier alpha value is -1.64. The topological polar surface area (TPSA) is 18.5 Å². The molecule has 1 aliphatic heterocycles. The standard InChI is InChI=1S/C14H14O.C3H6O/c1-3-7-13(8-4-1)11-15-12-14-9-5-2-6-10-14;1-2-4-3-1/h1-10H,11-12H2;1-3H2. The van der Waals surface area contributed by atoms with Gasteiger partial charge in [-0.25, -0.2) is 0 Å². The summed E-state index contributed by atoms with van der Waals surface area (Å²) < 4.78 is 10.3. The van der Waals surface area contributed by atoms with Crippen LogP contribution in [-0.4, -0.2) is 13.2 Å². The molecule has 0 radical (unpaired) electrons. The van der Waals surface area contributed by atoms with Gasteiger partial charge in [0.2, 0.25) is 0 Å². The van der Waals surface area contributed by atoms with Gasteiger partial charge in [0.25, 0.3) is 0 Å². The minimum absolute atomic E-state index is 0.676. The molecule has 0 aromatic heterocycles. The summed E-state index contributed by atoms with van der Waals surface area (Å²) in [4.78, 5) is 0. The number of hydrogen-bond donors (Lipinski definition) is 0. The molecular formula is C17H20O2. The van der Waals surface area contributed by atoms with Gasteiger partial charge in [-0.1, -0.05) is 60.7 Å². The molecule has 100 valence electrons. The SMILES string of the molecule is C1COC1.c1ccc(COCc2ccccc2)cc1. The molecule has 0 N–H and O–H groups in total. The first-order valence-electron chi connectivity index (χ1n) is 6.68. The van der Waals surface area contributed by atoms with Crippen LogP contribution in [0.1, 0.15) is 17.5 Å². The van der Waals surface area contributed by atoms with E-state index in [9.17, 15) is 0 Å². The maximum Gasteiger partial charge on any atom is 0.0721 e. The van der Waals surface area contributed by atoms with Crippen LogP contribution in [0.15, 0.2) is 60.7 Å². The molecule has 0 saturated carbocycles. The number of ether oxygens (including phenoxy) is 2. The lowest BCUT2D eigenvalue weighted by Crippen LogP contribution is -2.09. The van der Waals surface area contributed by atoms with E-state index in [0.717, 1.165) is 13.2 Å². The van der Waals surface area contributed by atoms with Crippen LogP contribution >= 0.6 is 0 Å². The first kappa shape index (κ1) is 13.8. The van der Waals surface area contributed by atoms with Crippen LogP contribution < -0.4 is 0 Å². The minimum atomic E-state index is 0.676. The molecule has 1 aliphatic rings. The normalized spacial score (nSPS) is 13.1. The first-order valence-corrected chi connectivity index (χ1v) is 6.68. The van der Waals surface area contributed by atoms with Crippen LogP contribution in [0.3, 0.4) is 0 Å². The summed E-state index contributed by atoms with van der Waals surface area (Å²) in [6, 6.07) is 20.4. The highest BCUT2D eigenvalue weighted by molar-refractivity contribution is 5.15. The van der Waals surface area contributed by atoms with Crippen molar-refractivity contribution in [3.8, 4) is 0 Å². The van der Waals surface area contributed by atoms with Crippen molar-refractivity contribution in [3.63, 3.8) is 0 Å². The second kappa shape index (κ2) is 8.46. The molecular weight excluding hydrogens is 236 g/mol. The second-order valence-corrected chi connectivity index (χ2v) is 4.43. The van der Waals surface area contributed by atoms with E-state index >= 15 is 0 Å². The highest BCUT2D eigenvalue weighted by Crippen LogP contribution is 2.05. The van der Waals surface area contributed by atoms with E-state index in [-0.39, 0.29) is 0 Å². The van der Waals surface area contributed by atoms with Crippen molar-refractivity contribution in [1.82, 2.24) is 0 Å². The highest BCUT2D eigenvalue weighted by Gasteiger charge is 1.94. The van der Waals surface area contributed by atoms with E-state index < -0.39 is 0 Å². The number of rotatable bonds is 4. The molecule has 0 spiro atoms. The Bertz CT molecular complexity index is 392. The van der Waals surface area contributed by atoms with Crippen LogP contribution in [0.4, 0.5) is 0 Å². The van der Waals surface area contributed by atoms with Gasteiger partial charge in [-0.2, -0.15) is 0 Å². The molecule has 1 fully saturated rings. The number of benzene rings is 2. The largest absolute Gasteiger partial charge is 0.381 e. The van der Waals surface area contributed by atoms with Crippen LogP contribution in [0.5, 0.6) is 0 Å². The lowest BCUT2D eigenvalue weighted by molar-refractivity contribution is 0.0367. The fraction of sp³-hybridized carbons (Fsp3) is 0.294. The summed E-state index contributed by atoms with van der Waals surface area (Å²) in [5.74, 6) is 0. The molecule has 2 nitrogen and oxygen atoms in total. The Morgan fingerprint density at radius 1 is 0.737 bits per heavy atom. The van der Waals surface area contributed by atoms with E-state index in [1.165, 1.54) is 17.5 Å². The summed E-state index contributed by atoms with van der Waals surface area (Å²) in [6.07, 6.45) is 1.28. The smallest absolute Gasteiger partial charge is 0.0721 e. The van der Waals surface area contributed by atoms with Gasteiger partial charge in [0.1, 0.15) is 0 Å². The predicted octanol–water partition coefficient (Wildman–Crippen LogP) is 3.81. The van der Waals surface area contributed by atoms with Gasteiger partial charge < -0.3 is 9.47 Å². The molecule has 1 heterocycles. The van der Waals surface area contributed by atoms with Gasteiger partial charge in [0.15, 0.2) is 0 Å². The summed E-state index contributed by atoms with van der Waals surface area (Å²) >= 11 is 0. The Labute approximate surface area is 115 Å². The molecule has 0 atom stereocenters. The Morgan fingerprint density at radius 3 is 1.42 bits per heavy atom. The summed E-state index contributed by atoms with van der Waals surface area (Å²) in [5, 5.41) is 0. The van der Waals surface area contributed by atoms with Gasteiger partial charge in [-0.05, 0) is 17.5 Å². The monoisotopic (exact) mass is 256 g/mol. The summed E-state index contributed by atoms with van der Waals surface area (Å²) in [6.45, 7) is 3.35. The average molecular weight is 256 g/mol. The van der Waals surface area contributed by atoms with Crippen molar-refractivity contribution in [3.05, 3.63) is 71.8 Å². The van der Waals surface area contributed by atoms with Crippen molar-refractivity contribution in [1.29, 1.82) is 0 Å². The van der Waals surface area contributed by atoms with E-state index in [0.29, 0.717) is 13.2 Å². The van der Waals surface area contributed by atoms with Crippen LogP contribution in [-0.2, 0) is 22.7 Å². The van der Waals surface area contributed by atoms with Crippen molar-refractivity contribution in [2.75, 3.05) is 13.2 Å². The molecule has 2 aromatic rings. The molecule has 0 amide bonds. The molecule has 0 bridgehead atoms. The maximum atomic E-state index is 5.61.